The van der Waals surface area contributed by atoms with Gasteiger partial charge in [-0.15, -0.1) is 0 Å². The molecular weight excluding hydrogens is 302 g/mol. The Kier molecular flexibility index (Phi) is 3.83. The summed E-state index contributed by atoms with van der Waals surface area (Å²) < 4.78 is 0. The largest absolute Gasteiger partial charge is 0.392 e. The number of H-pyrrole nitrogens is 1. The molecule has 2 N–H and O–H groups in total. The normalized spacial score (nSPS) is 26.3. The van der Waals surface area contributed by atoms with Crippen LogP contribution in [0.25, 0.3) is 11.0 Å². The Bertz CT molecular complexity index is 729. The van der Waals surface area contributed by atoms with Crippen molar-refractivity contribution in [2.75, 3.05) is 13.1 Å². The first-order valence-electron chi connectivity index (χ1n) is 8.93. The highest BCUT2D eigenvalue weighted by Gasteiger charge is 2.42. The molecule has 2 fully saturated rings. The molecular formula is C19H25N3O2. The summed E-state index contributed by atoms with van der Waals surface area (Å²) in [6, 6.07) is 4.21. The molecule has 2 aliphatic rings. The molecule has 1 aliphatic carbocycles. The van der Waals surface area contributed by atoms with E-state index >= 15 is 0 Å². The van der Waals surface area contributed by atoms with Crippen molar-refractivity contribution in [1.29, 1.82) is 0 Å². The first-order chi connectivity index (χ1) is 11.5. The number of aromatic amines is 1. The summed E-state index contributed by atoms with van der Waals surface area (Å²) in [4.78, 5) is 22.4. The lowest BCUT2D eigenvalue weighted by Crippen LogP contribution is -2.47. The van der Waals surface area contributed by atoms with Crippen LogP contribution in [-0.2, 0) is 11.2 Å². The molecule has 2 bridgehead atoms. The van der Waals surface area contributed by atoms with Crippen LogP contribution in [0.3, 0.4) is 0 Å². The summed E-state index contributed by atoms with van der Waals surface area (Å²) >= 11 is 0. The second kappa shape index (κ2) is 5.88. The predicted molar refractivity (Wildman–Crippen MR) is 92.7 cm³/mol. The van der Waals surface area contributed by atoms with Crippen molar-refractivity contribution in [3.63, 3.8) is 0 Å². The molecule has 0 radical (unpaired) electrons. The zero-order valence-corrected chi connectivity index (χ0v) is 14.4. The molecule has 1 amide bonds. The molecule has 1 aliphatic heterocycles. The average Bonchev–Trinajstić information content (AvgIpc) is 3.00. The van der Waals surface area contributed by atoms with Crippen LogP contribution in [0.4, 0.5) is 0 Å². The van der Waals surface area contributed by atoms with Crippen molar-refractivity contribution in [2.24, 2.45) is 11.8 Å². The highest BCUT2D eigenvalue weighted by molar-refractivity contribution is 5.78. The van der Waals surface area contributed by atoms with Crippen molar-refractivity contribution in [1.82, 2.24) is 14.9 Å². The number of aromatic nitrogens is 2. The lowest BCUT2D eigenvalue weighted by Gasteiger charge is -2.35. The molecule has 0 spiro atoms. The van der Waals surface area contributed by atoms with Gasteiger partial charge in [0, 0.05) is 37.8 Å². The van der Waals surface area contributed by atoms with Crippen molar-refractivity contribution in [3.05, 3.63) is 29.1 Å². The number of amides is 1. The maximum absolute atomic E-state index is 12.5. The van der Waals surface area contributed by atoms with E-state index in [1.54, 1.807) is 0 Å². The van der Waals surface area contributed by atoms with E-state index in [1.807, 2.05) is 4.90 Å². The minimum absolute atomic E-state index is 0.187. The molecule has 1 aromatic carbocycles. The van der Waals surface area contributed by atoms with Crippen molar-refractivity contribution in [3.8, 4) is 0 Å². The predicted octanol–water partition coefficient (Wildman–Crippen LogP) is 2.34. The number of hydrogen-bond donors (Lipinski definition) is 2. The second-order valence-electron chi connectivity index (χ2n) is 7.52. The third kappa shape index (κ3) is 2.71. The number of aliphatic hydroxyl groups is 1. The first-order valence-corrected chi connectivity index (χ1v) is 8.93. The second-order valence-corrected chi connectivity index (χ2v) is 7.52. The van der Waals surface area contributed by atoms with Gasteiger partial charge in [0.1, 0.15) is 5.82 Å². The SMILES string of the molecule is Cc1cc2nc(CCC(=O)N3C[C@H]4CC[C@@H](C3)C4O)[nH]c2cc1C. The molecule has 2 aromatic rings. The topological polar surface area (TPSA) is 69.2 Å². The van der Waals surface area contributed by atoms with Gasteiger partial charge in [0.25, 0.3) is 0 Å². The van der Waals surface area contributed by atoms with Crippen LogP contribution in [0.2, 0.25) is 0 Å². The Hall–Kier alpha value is -1.88. The van der Waals surface area contributed by atoms with Gasteiger partial charge in [-0.3, -0.25) is 4.79 Å². The molecule has 4 rings (SSSR count). The first kappa shape index (κ1) is 15.6. The number of carbonyl (C=O) groups excluding carboxylic acids is 1. The number of aliphatic hydroxyl groups excluding tert-OH is 1. The van der Waals surface area contributed by atoms with Gasteiger partial charge >= 0.3 is 0 Å². The number of likely N-dealkylation sites (tertiary alicyclic amines) is 1. The van der Waals surface area contributed by atoms with Crippen LogP contribution >= 0.6 is 0 Å². The fourth-order valence-corrected chi connectivity index (χ4v) is 4.22. The van der Waals surface area contributed by atoms with Gasteiger partial charge in [0.05, 0.1) is 17.1 Å². The fraction of sp³-hybridized carbons (Fsp3) is 0.579. The highest BCUT2D eigenvalue weighted by atomic mass is 16.3. The lowest BCUT2D eigenvalue weighted by molar-refractivity contribution is -0.135. The number of hydrogen-bond acceptors (Lipinski definition) is 3. The van der Waals surface area contributed by atoms with E-state index < -0.39 is 0 Å². The van der Waals surface area contributed by atoms with Crippen LogP contribution in [0, 0.1) is 25.7 Å². The van der Waals surface area contributed by atoms with Gasteiger partial charge < -0.3 is 15.0 Å². The number of fused-ring (bicyclic) bond motifs is 3. The number of aryl methyl sites for hydroxylation is 3. The Labute approximate surface area is 142 Å². The summed E-state index contributed by atoms with van der Waals surface area (Å²) in [5.74, 6) is 1.63. The number of benzene rings is 1. The molecule has 24 heavy (non-hydrogen) atoms. The van der Waals surface area contributed by atoms with E-state index in [-0.39, 0.29) is 23.8 Å². The minimum atomic E-state index is -0.198. The molecule has 128 valence electrons. The van der Waals surface area contributed by atoms with E-state index in [0.717, 1.165) is 42.8 Å². The summed E-state index contributed by atoms with van der Waals surface area (Å²) in [6.07, 6.45) is 3.03. The van der Waals surface area contributed by atoms with E-state index in [2.05, 4.69) is 35.9 Å². The average molecular weight is 327 g/mol. The van der Waals surface area contributed by atoms with Crippen molar-refractivity contribution < 1.29 is 9.90 Å². The van der Waals surface area contributed by atoms with Crippen LogP contribution in [-0.4, -0.2) is 45.1 Å². The third-order valence-electron chi connectivity index (χ3n) is 5.86. The summed E-state index contributed by atoms with van der Waals surface area (Å²) in [5.41, 5.74) is 4.49. The Morgan fingerprint density at radius 2 is 1.92 bits per heavy atom. The van der Waals surface area contributed by atoms with Crippen LogP contribution in [0.5, 0.6) is 0 Å². The number of piperidine rings is 1. The van der Waals surface area contributed by atoms with Gasteiger partial charge in [-0.1, -0.05) is 0 Å². The minimum Gasteiger partial charge on any atom is -0.392 e. The van der Waals surface area contributed by atoms with Gasteiger partial charge in [0.15, 0.2) is 0 Å². The molecule has 1 unspecified atom stereocenters. The smallest absolute Gasteiger partial charge is 0.223 e. The van der Waals surface area contributed by atoms with E-state index in [0.29, 0.717) is 12.8 Å². The molecule has 5 nitrogen and oxygen atoms in total. The van der Waals surface area contributed by atoms with Gasteiger partial charge in [-0.2, -0.15) is 0 Å². The lowest BCUT2D eigenvalue weighted by atomic mass is 9.95. The monoisotopic (exact) mass is 327 g/mol. The maximum atomic E-state index is 12.5. The number of nitrogens with zero attached hydrogens (tertiary/aromatic N) is 2. The zero-order chi connectivity index (χ0) is 16.8. The molecule has 1 saturated heterocycles. The Morgan fingerprint density at radius 1 is 1.25 bits per heavy atom. The number of nitrogens with one attached hydrogen (secondary N) is 1. The maximum Gasteiger partial charge on any atom is 0.223 e. The quantitative estimate of drug-likeness (QED) is 0.909. The van der Waals surface area contributed by atoms with Crippen molar-refractivity contribution in [2.45, 2.75) is 45.6 Å². The van der Waals surface area contributed by atoms with Crippen LogP contribution in [0.1, 0.15) is 36.2 Å². The van der Waals surface area contributed by atoms with Crippen LogP contribution < -0.4 is 0 Å². The summed E-state index contributed by atoms with van der Waals surface area (Å²) in [5, 5.41) is 10.1. The van der Waals surface area contributed by atoms with Crippen LogP contribution in [0.15, 0.2) is 12.1 Å². The van der Waals surface area contributed by atoms with E-state index in [4.69, 9.17) is 0 Å². The van der Waals surface area contributed by atoms with Gasteiger partial charge in [0.2, 0.25) is 5.91 Å². The van der Waals surface area contributed by atoms with E-state index in [9.17, 15) is 9.90 Å². The molecule has 1 aromatic heterocycles. The van der Waals surface area contributed by atoms with Gasteiger partial charge in [-0.05, 0) is 49.9 Å². The molecule has 2 heterocycles. The Morgan fingerprint density at radius 3 is 2.62 bits per heavy atom. The number of rotatable bonds is 3. The molecule has 1 saturated carbocycles. The standard InChI is InChI=1S/C19H25N3O2/c1-11-7-15-16(8-12(11)2)21-17(20-15)5-6-18(23)22-9-13-3-4-14(10-22)19(13)24/h7-8,13-14,19,24H,3-6,9-10H2,1-2H3,(H,20,21)/t13-,14+,19?. The number of carbonyl (C=O) groups is 1. The van der Waals surface area contributed by atoms with Gasteiger partial charge in [-0.25, -0.2) is 4.98 Å². The zero-order valence-electron chi connectivity index (χ0n) is 14.4. The molecule has 3 atom stereocenters. The summed E-state index contributed by atoms with van der Waals surface area (Å²) in [7, 11) is 0. The van der Waals surface area contributed by atoms with E-state index in [1.165, 1.54) is 11.1 Å². The Balaban J connectivity index is 1.41. The molecule has 5 heteroatoms. The van der Waals surface area contributed by atoms with Crippen molar-refractivity contribution >= 4 is 16.9 Å². The fourth-order valence-electron chi connectivity index (χ4n) is 4.22. The third-order valence-corrected chi connectivity index (χ3v) is 5.86. The highest BCUT2D eigenvalue weighted by Crippen LogP contribution is 2.36. The summed E-state index contributed by atoms with van der Waals surface area (Å²) in [6.45, 7) is 5.62. The number of imidazole rings is 1.